The van der Waals surface area contributed by atoms with Crippen LogP contribution in [0.15, 0.2) is 48.5 Å². The van der Waals surface area contributed by atoms with Crippen molar-refractivity contribution in [2.24, 2.45) is 0 Å². The lowest BCUT2D eigenvalue weighted by atomic mass is 9.87. The van der Waals surface area contributed by atoms with Crippen molar-refractivity contribution >= 4 is 34.2 Å². The highest BCUT2D eigenvalue weighted by molar-refractivity contribution is 6.36. The Kier molecular flexibility index (Phi) is 4.37. The smallest absolute Gasteiger partial charge is 0.164 e. The van der Waals surface area contributed by atoms with Gasteiger partial charge in [0.05, 0.1) is 16.8 Å². The molecule has 5 heteroatoms. The van der Waals surface area contributed by atoms with Crippen molar-refractivity contribution in [1.82, 2.24) is 14.8 Å². The highest BCUT2D eigenvalue weighted by atomic mass is 35.5. The number of fused-ring (bicyclic) bond motifs is 2. The molecule has 0 radical (unpaired) electrons. The van der Waals surface area contributed by atoms with Gasteiger partial charge in [-0.15, -0.1) is 0 Å². The molecule has 0 spiro atoms. The van der Waals surface area contributed by atoms with Crippen molar-refractivity contribution < 1.29 is 0 Å². The Hall–Kier alpha value is -2.36. The lowest BCUT2D eigenvalue weighted by Crippen LogP contribution is -2.09. The normalized spacial score (nSPS) is 13.7. The van der Waals surface area contributed by atoms with Crippen LogP contribution in [0.4, 0.5) is 0 Å². The number of benzene rings is 2. The minimum absolute atomic E-state index is 0.643. The van der Waals surface area contributed by atoms with Crippen LogP contribution in [-0.4, -0.2) is 14.8 Å². The fourth-order valence-electron chi connectivity index (χ4n) is 4.21. The lowest BCUT2D eigenvalue weighted by Gasteiger charge is -2.21. The number of pyridine rings is 1. The number of rotatable bonds is 2. The van der Waals surface area contributed by atoms with Gasteiger partial charge in [0.25, 0.3) is 0 Å². The predicted molar refractivity (Wildman–Crippen MR) is 116 cm³/mol. The molecule has 0 bridgehead atoms. The summed E-state index contributed by atoms with van der Waals surface area (Å²) in [4.78, 5) is 5.08. The third-order valence-corrected chi connectivity index (χ3v) is 6.02. The number of aromatic nitrogens is 3. The van der Waals surface area contributed by atoms with Crippen LogP contribution in [0.5, 0.6) is 0 Å². The maximum Gasteiger partial charge on any atom is 0.164 e. The molecule has 28 heavy (non-hydrogen) atoms. The van der Waals surface area contributed by atoms with Gasteiger partial charge in [0.1, 0.15) is 0 Å². The largest absolute Gasteiger partial charge is 0.233 e. The molecule has 0 aliphatic heterocycles. The molecule has 1 aliphatic rings. The Labute approximate surface area is 173 Å². The molecular weight excluding hydrogens is 389 g/mol. The summed E-state index contributed by atoms with van der Waals surface area (Å²) in [6, 6.07) is 15.9. The maximum absolute atomic E-state index is 6.65. The zero-order valence-electron chi connectivity index (χ0n) is 15.5. The molecule has 0 saturated heterocycles. The first-order valence-corrected chi connectivity index (χ1v) is 10.3. The van der Waals surface area contributed by atoms with Crippen molar-refractivity contribution in [2.45, 2.75) is 32.6 Å². The molecule has 3 nitrogen and oxygen atoms in total. The van der Waals surface area contributed by atoms with Crippen LogP contribution in [0.3, 0.4) is 0 Å². The lowest BCUT2D eigenvalue weighted by molar-refractivity contribution is 0.671. The molecule has 2 aromatic heterocycles. The average Bonchev–Trinajstić information content (AvgIpc) is 3.04. The zero-order chi connectivity index (χ0) is 19.3. The van der Waals surface area contributed by atoms with E-state index in [1.807, 2.05) is 48.0 Å². The zero-order valence-corrected chi connectivity index (χ0v) is 17.1. The van der Waals surface area contributed by atoms with Crippen LogP contribution in [-0.2, 0) is 12.8 Å². The number of hydrogen-bond donors (Lipinski definition) is 0. The third kappa shape index (κ3) is 2.81. The fraction of sp³-hybridized carbons (Fsp3) is 0.217. The summed E-state index contributed by atoms with van der Waals surface area (Å²) < 4.78 is 1.95. The fourth-order valence-corrected chi connectivity index (χ4v) is 4.71. The Balaban J connectivity index is 1.89. The Morgan fingerprint density at radius 2 is 1.75 bits per heavy atom. The predicted octanol–water partition coefficient (Wildman–Crippen LogP) is 6.58. The van der Waals surface area contributed by atoms with Gasteiger partial charge < -0.3 is 0 Å². The highest BCUT2D eigenvalue weighted by Crippen LogP contribution is 2.41. The van der Waals surface area contributed by atoms with E-state index in [4.69, 9.17) is 33.3 Å². The van der Waals surface area contributed by atoms with Crippen LogP contribution in [0.2, 0.25) is 10.0 Å². The summed E-state index contributed by atoms with van der Waals surface area (Å²) in [5, 5.41) is 7.24. The van der Waals surface area contributed by atoms with Gasteiger partial charge in [-0.3, -0.25) is 0 Å². The molecule has 0 amide bonds. The van der Waals surface area contributed by atoms with Crippen molar-refractivity contribution in [3.63, 3.8) is 0 Å². The Bertz CT molecular complexity index is 1200. The van der Waals surface area contributed by atoms with Gasteiger partial charge in [-0.2, -0.15) is 5.10 Å². The van der Waals surface area contributed by atoms with Crippen molar-refractivity contribution in [2.75, 3.05) is 0 Å². The standard InChI is InChI=1S/C23H19Cl2N3/c1-14-21-22(17-12-11-15(24)13-19(17)25)18-9-5-6-10-20(18)26-23(21)28(27-14)16-7-3-2-4-8-16/h2-4,7-8,11-13H,5-6,9-10H2,1H3. The minimum atomic E-state index is 0.643. The molecule has 5 rings (SSSR count). The van der Waals surface area contributed by atoms with Gasteiger partial charge in [0.15, 0.2) is 5.65 Å². The van der Waals surface area contributed by atoms with Gasteiger partial charge in [0.2, 0.25) is 0 Å². The molecule has 140 valence electrons. The number of aryl methyl sites for hydroxylation is 2. The van der Waals surface area contributed by atoms with Gasteiger partial charge in [-0.1, -0.05) is 47.5 Å². The SMILES string of the molecule is Cc1nn(-c2ccccc2)c2nc3c(c(-c4ccc(Cl)cc4Cl)c12)CCCC3. The molecule has 2 aromatic carbocycles. The molecule has 2 heterocycles. The topological polar surface area (TPSA) is 30.7 Å². The Morgan fingerprint density at radius 3 is 2.54 bits per heavy atom. The summed E-state index contributed by atoms with van der Waals surface area (Å²) in [6.45, 7) is 2.05. The summed E-state index contributed by atoms with van der Waals surface area (Å²) in [7, 11) is 0. The van der Waals surface area contributed by atoms with Crippen molar-refractivity contribution in [1.29, 1.82) is 0 Å². The molecular formula is C23H19Cl2N3. The maximum atomic E-state index is 6.65. The first-order valence-electron chi connectivity index (χ1n) is 9.55. The highest BCUT2D eigenvalue weighted by Gasteiger charge is 2.25. The quantitative estimate of drug-likeness (QED) is 0.375. The van der Waals surface area contributed by atoms with E-state index in [-0.39, 0.29) is 0 Å². The Morgan fingerprint density at radius 1 is 0.964 bits per heavy atom. The van der Waals surface area contributed by atoms with Crippen molar-refractivity contribution in [3.05, 3.63) is 75.5 Å². The summed E-state index contributed by atoms with van der Waals surface area (Å²) >= 11 is 12.8. The summed E-state index contributed by atoms with van der Waals surface area (Å²) in [5.41, 5.74) is 7.51. The first kappa shape index (κ1) is 17.7. The van der Waals surface area contributed by atoms with Gasteiger partial charge in [0, 0.05) is 26.9 Å². The van der Waals surface area contributed by atoms with Gasteiger partial charge >= 0.3 is 0 Å². The van der Waals surface area contributed by atoms with E-state index in [0.717, 1.165) is 52.9 Å². The number of nitrogens with zero attached hydrogens (tertiary/aromatic N) is 3. The van der Waals surface area contributed by atoms with E-state index in [0.29, 0.717) is 10.0 Å². The second kappa shape index (κ2) is 6.91. The van der Waals surface area contributed by atoms with Gasteiger partial charge in [-0.05, 0) is 62.4 Å². The third-order valence-electron chi connectivity index (χ3n) is 5.47. The van der Waals surface area contributed by atoms with Crippen LogP contribution in [0.25, 0.3) is 27.8 Å². The molecule has 0 N–H and O–H groups in total. The first-order chi connectivity index (χ1) is 13.6. The van der Waals surface area contributed by atoms with E-state index in [1.54, 1.807) is 0 Å². The van der Waals surface area contributed by atoms with Crippen molar-refractivity contribution in [3.8, 4) is 16.8 Å². The summed E-state index contributed by atoms with van der Waals surface area (Å²) in [5.74, 6) is 0. The van der Waals surface area contributed by atoms with E-state index in [9.17, 15) is 0 Å². The molecule has 1 aliphatic carbocycles. The minimum Gasteiger partial charge on any atom is -0.233 e. The van der Waals surface area contributed by atoms with Gasteiger partial charge in [-0.25, -0.2) is 9.67 Å². The van der Waals surface area contributed by atoms with E-state index in [2.05, 4.69) is 12.1 Å². The second-order valence-electron chi connectivity index (χ2n) is 7.27. The van der Waals surface area contributed by atoms with E-state index >= 15 is 0 Å². The monoisotopic (exact) mass is 407 g/mol. The van der Waals surface area contributed by atoms with Crippen LogP contribution in [0.1, 0.15) is 29.8 Å². The summed E-state index contributed by atoms with van der Waals surface area (Å²) in [6.07, 6.45) is 4.34. The van der Waals surface area contributed by atoms with Crippen LogP contribution < -0.4 is 0 Å². The molecule has 4 aromatic rings. The number of hydrogen-bond acceptors (Lipinski definition) is 2. The second-order valence-corrected chi connectivity index (χ2v) is 8.12. The van der Waals surface area contributed by atoms with Crippen LogP contribution in [0, 0.1) is 6.92 Å². The molecule has 0 fully saturated rings. The van der Waals surface area contributed by atoms with Crippen LogP contribution >= 0.6 is 23.2 Å². The molecule has 0 atom stereocenters. The van der Waals surface area contributed by atoms with E-state index < -0.39 is 0 Å². The average molecular weight is 408 g/mol. The van der Waals surface area contributed by atoms with E-state index in [1.165, 1.54) is 17.5 Å². The molecule has 0 saturated carbocycles. The number of halogens is 2. The number of para-hydroxylation sites is 1. The molecule has 0 unspecified atom stereocenters.